The highest BCUT2D eigenvalue weighted by Crippen LogP contribution is 2.19. The fraction of sp³-hybridized carbons (Fsp3) is 0.357. The van der Waals surface area contributed by atoms with Crippen molar-refractivity contribution < 1.29 is 0 Å². The van der Waals surface area contributed by atoms with Crippen LogP contribution in [-0.2, 0) is 12.5 Å². The predicted molar refractivity (Wildman–Crippen MR) is 71.4 cm³/mol. The monoisotopic (exact) mass is 243 g/mol. The molecular weight excluding hydrogens is 226 g/mol. The summed E-state index contributed by atoms with van der Waals surface area (Å²) in [5.41, 5.74) is 1.26. The van der Waals surface area contributed by atoms with Crippen molar-refractivity contribution in [2.24, 2.45) is 7.05 Å². The van der Waals surface area contributed by atoms with Gasteiger partial charge in [0, 0.05) is 36.6 Å². The number of pyridine rings is 1. The van der Waals surface area contributed by atoms with E-state index in [1.807, 2.05) is 6.07 Å². The molecule has 94 valence electrons. The van der Waals surface area contributed by atoms with E-state index in [-0.39, 0.29) is 11.0 Å². The van der Waals surface area contributed by atoms with Gasteiger partial charge < -0.3 is 4.57 Å². The Labute approximate surface area is 106 Å². The number of hydrogen-bond donors (Lipinski definition) is 0. The van der Waals surface area contributed by atoms with Crippen molar-refractivity contribution in [1.29, 1.82) is 0 Å². The summed E-state index contributed by atoms with van der Waals surface area (Å²) in [6, 6.07) is 3.63. The van der Waals surface area contributed by atoms with Gasteiger partial charge in [-0.2, -0.15) is 0 Å². The number of hydrogen-bond acceptors (Lipinski definition) is 3. The first-order chi connectivity index (χ1) is 8.39. The van der Waals surface area contributed by atoms with Crippen LogP contribution < -0.4 is 5.56 Å². The third kappa shape index (κ3) is 2.32. The molecule has 0 saturated carbocycles. The molecule has 0 aliphatic carbocycles. The first kappa shape index (κ1) is 12.5. The van der Waals surface area contributed by atoms with E-state index in [1.54, 1.807) is 36.3 Å². The molecule has 0 aliphatic heterocycles. The summed E-state index contributed by atoms with van der Waals surface area (Å²) in [7, 11) is 1.73. The van der Waals surface area contributed by atoms with E-state index in [0.717, 1.165) is 11.4 Å². The summed E-state index contributed by atoms with van der Waals surface area (Å²) in [6.07, 6.45) is 5.16. The van der Waals surface area contributed by atoms with Gasteiger partial charge in [0.15, 0.2) is 0 Å². The minimum absolute atomic E-state index is 0.0374. The van der Waals surface area contributed by atoms with Gasteiger partial charge in [-0.05, 0) is 12.1 Å². The van der Waals surface area contributed by atoms with Crippen LogP contribution in [-0.4, -0.2) is 14.5 Å². The number of nitrogens with zero attached hydrogens (tertiary/aromatic N) is 3. The SMILES string of the molecule is Cn1cccc(-c2cnc(C(C)(C)C)nc2)c1=O. The minimum atomic E-state index is -0.0832. The van der Waals surface area contributed by atoms with Crippen molar-refractivity contribution in [3.05, 3.63) is 46.9 Å². The van der Waals surface area contributed by atoms with Crippen LogP contribution in [0.3, 0.4) is 0 Å². The number of rotatable bonds is 1. The molecule has 0 atom stereocenters. The third-order valence-corrected chi connectivity index (χ3v) is 2.76. The van der Waals surface area contributed by atoms with Gasteiger partial charge in [0.25, 0.3) is 5.56 Å². The predicted octanol–water partition coefficient (Wildman–Crippen LogP) is 2.14. The Balaban J connectivity index is 2.47. The molecule has 2 rings (SSSR count). The molecule has 0 fully saturated rings. The van der Waals surface area contributed by atoms with Crippen molar-refractivity contribution in [3.8, 4) is 11.1 Å². The van der Waals surface area contributed by atoms with Gasteiger partial charge in [-0.3, -0.25) is 4.79 Å². The van der Waals surface area contributed by atoms with Gasteiger partial charge in [0.2, 0.25) is 0 Å². The zero-order valence-corrected chi connectivity index (χ0v) is 11.1. The third-order valence-electron chi connectivity index (χ3n) is 2.76. The Morgan fingerprint density at radius 2 is 1.78 bits per heavy atom. The van der Waals surface area contributed by atoms with E-state index in [9.17, 15) is 4.79 Å². The van der Waals surface area contributed by atoms with Gasteiger partial charge in [-0.15, -0.1) is 0 Å². The lowest BCUT2D eigenvalue weighted by Crippen LogP contribution is -2.18. The summed E-state index contributed by atoms with van der Waals surface area (Å²) >= 11 is 0. The first-order valence-corrected chi connectivity index (χ1v) is 5.88. The van der Waals surface area contributed by atoms with E-state index < -0.39 is 0 Å². The molecule has 18 heavy (non-hydrogen) atoms. The summed E-state index contributed by atoms with van der Waals surface area (Å²) < 4.78 is 1.55. The molecule has 4 heteroatoms. The summed E-state index contributed by atoms with van der Waals surface area (Å²) in [5.74, 6) is 0.777. The molecule has 0 N–H and O–H groups in total. The van der Waals surface area contributed by atoms with Crippen LogP contribution in [0.5, 0.6) is 0 Å². The Morgan fingerprint density at radius 3 is 2.33 bits per heavy atom. The lowest BCUT2D eigenvalue weighted by Gasteiger charge is -2.16. The van der Waals surface area contributed by atoms with Crippen LogP contribution in [0.2, 0.25) is 0 Å². The van der Waals surface area contributed by atoms with Crippen molar-refractivity contribution >= 4 is 0 Å². The number of aryl methyl sites for hydroxylation is 1. The quantitative estimate of drug-likeness (QED) is 0.771. The topological polar surface area (TPSA) is 47.8 Å². The molecule has 0 bridgehead atoms. The fourth-order valence-electron chi connectivity index (χ4n) is 1.67. The Hall–Kier alpha value is -1.97. The second-order valence-corrected chi connectivity index (χ2v) is 5.38. The molecule has 0 spiro atoms. The van der Waals surface area contributed by atoms with Crippen LogP contribution in [0.15, 0.2) is 35.5 Å². The van der Waals surface area contributed by atoms with E-state index in [0.29, 0.717) is 5.56 Å². The van der Waals surface area contributed by atoms with Crippen molar-refractivity contribution in [2.45, 2.75) is 26.2 Å². The second-order valence-electron chi connectivity index (χ2n) is 5.38. The van der Waals surface area contributed by atoms with E-state index >= 15 is 0 Å². The molecule has 0 saturated heterocycles. The highest BCUT2D eigenvalue weighted by atomic mass is 16.1. The Kier molecular flexibility index (Phi) is 3.03. The van der Waals surface area contributed by atoms with Crippen LogP contribution in [0.1, 0.15) is 26.6 Å². The molecule has 0 aromatic carbocycles. The highest BCUT2D eigenvalue weighted by Gasteiger charge is 2.17. The van der Waals surface area contributed by atoms with Gasteiger partial charge in [-0.25, -0.2) is 9.97 Å². The Morgan fingerprint density at radius 1 is 1.17 bits per heavy atom. The van der Waals surface area contributed by atoms with Crippen LogP contribution >= 0.6 is 0 Å². The standard InChI is InChI=1S/C14H17N3O/c1-14(2,3)13-15-8-10(9-16-13)11-6-5-7-17(4)12(11)18/h5-9H,1-4H3. The summed E-state index contributed by atoms with van der Waals surface area (Å²) in [4.78, 5) is 20.6. The second kappa shape index (κ2) is 4.37. The zero-order chi connectivity index (χ0) is 13.3. The van der Waals surface area contributed by atoms with Crippen LogP contribution in [0.25, 0.3) is 11.1 Å². The van der Waals surface area contributed by atoms with E-state index in [2.05, 4.69) is 30.7 Å². The van der Waals surface area contributed by atoms with Gasteiger partial charge in [0.1, 0.15) is 5.82 Å². The lowest BCUT2D eigenvalue weighted by atomic mass is 9.95. The molecule has 2 aromatic heterocycles. The van der Waals surface area contributed by atoms with Gasteiger partial charge in [0.05, 0.1) is 5.56 Å². The lowest BCUT2D eigenvalue weighted by molar-refractivity contribution is 0.545. The maximum Gasteiger partial charge on any atom is 0.258 e. The molecule has 0 amide bonds. The van der Waals surface area contributed by atoms with Crippen LogP contribution in [0, 0.1) is 0 Å². The molecular formula is C14H17N3O. The zero-order valence-electron chi connectivity index (χ0n) is 11.1. The Bertz CT molecular complexity index is 606. The highest BCUT2D eigenvalue weighted by molar-refractivity contribution is 5.60. The number of aromatic nitrogens is 3. The molecule has 0 radical (unpaired) electrons. The maximum absolute atomic E-state index is 12.0. The summed E-state index contributed by atoms with van der Waals surface area (Å²) in [5, 5.41) is 0. The van der Waals surface area contributed by atoms with Crippen molar-refractivity contribution in [1.82, 2.24) is 14.5 Å². The summed E-state index contributed by atoms with van der Waals surface area (Å²) in [6.45, 7) is 6.18. The van der Waals surface area contributed by atoms with Crippen molar-refractivity contribution in [2.75, 3.05) is 0 Å². The van der Waals surface area contributed by atoms with Gasteiger partial charge >= 0.3 is 0 Å². The fourth-order valence-corrected chi connectivity index (χ4v) is 1.67. The maximum atomic E-state index is 12.0. The van der Waals surface area contributed by atoms with Crippen molar-refractivity contribution in [3.63, 3.8) is 0 Å². The molecule has 0 aliphatic rings. The minimum Gasteiger partial charge on any atom is -0.318 e. The molecule has 4 nitrogen and oxygen atoms in total. The first-order valence-electron chi connectivity index (χ1n) is 5.88. The molecule has 2 aromatic rings. The largest absolute Gasteiger partial charge is 0.318 e. The van der Waals surface area contributed by atoms with Crippen LogP contribution in [0.4, 0.5) is 0 Å². The van der Waals surface area contributed by atoms with E-state index in [4.69, 9.17) is 0 Å². The average molecular weight is 243 g/mol. The molecule has 0 unspecified atom stereocenters. The smallest absolute Gasteiger partial charge is 0.258 e. The normalized spacial score (nSPS) is 11.6. The van der Waals surface area contributed by atoms with E-state index in [1.165, 1.54) is 0 Å². The van der Waals surface area contributed by atoms with Gasteiger partial charge in [-0.1, -0.05) is 20.8 Å². The molecule has 2 heterocycles. The average Bonchev–Trinajstić information content (AvgIpc) is 2.32.